The van der Waals surface area contributed by atoms with Crippen molar-refractivity contribution in [2.45, 2.75) is 32.5 Å². The van der Waals surface area contributed by atoms with Gasteiger partial charge in [-0.15, -0.1) is 0 Å². The molecule has 86 valence electrons. The Hall–Kier alpha value is -0.430. The van der Waals surface area contributed by atoms with Crippen LogP contribution in [0.3, 0.4) is 0 Å². The molecule has 0 spiro atoms. The van der Waals surface area contributed by atoms with Crippen LogP contribution < -0.4 is 0 Å². The maximum atomic E-state index is 9.60. The summed E-state index contributed by atoms with van der Waals surface area (Å²) in [5.41, 5.74) is 0.823. The lowest BCUT2D eigenvalue weighted by Crippen LogP contribution is -2.04. The number of aliphatic hydroxyl groups is 1. The van der Waals surface area contributed by atoms with E-state index in [2.05, 4.69) is 6.92 Å². The molecular weight excluding hydrogens is 207 g/mol. The summed E-state index contributed by atoms with van der Waals surface area (Å²) in [6.45, 7) is 2.78. The summed E-state index contributed by atoms with van der Waals surface area (Å²) < 4.78 is 5.29. The Morgan fingerprint density at radius 1 is 1.20 bits per heavy atom. The molecule has 2 atom stereocenters. The van der Waals surface area contributed by atoms with E-state index in [1.54, 1.807) is 0 Å². The molecule has 2 nitrogen and oxygen atoms in total. The van der Waals surface area contributed by atoms with Gasteiger partial charge in [-0.25, -0.2) is 0 Å². The third kappa shape index (κ3) is 5.88. The normalized spacial score (nSPS) is 11.9. The average molecular weight is 228 g/mol. The third-order valence-electron chi connectivity index (χ3n) is 2.11. The second-order valence-electron chi connectivity index (χ2n) is 3.34. The number of ether oxygens (including phenoxy) is 1. The number of hydrogen-bond acceptors (Lipinski definition) is 2. The Labute approximate surface area is 95.3 Å². The molecule has 3 heteroatoms. The summed E-state index contributed by atoms with van der Waals surface area (Å²) in [4.78, 5) is 0. The number of unbranched alkanes of at least 4 members (excludes halogenated alkanes) is 2. The summed E-state index contributed by atoms with van der Waals surface area (Å²) in [5.74, 6) is 0. The lowest BCUT2D eigenvalue weighted by atomic mass is 10.2. The quantitative estimate of drug-likeness (QED) is 0.461. The first kappa shape index (κ1) is 14.6. The minimum absolute atomic E-state index is 0. The molecule has 0 aliphatic rings. The molecule has 1 aromatic carbocycles. The lowest BCUT2D eigenvalue weighted by molar-refractivity contribution is -0.103. The van der Waals surface area contributed by atoms with Crippen LogP contribution >= 0.6 is 9.90 Å². The molecule has 0 bridgehead atoms. The van der Waals surface area contributed by atoms with E-state index in [9.17, 15) is 5.11 Å². The van der Waals surface area contributed by atoms with Crippen molar-refractivity contribution in [2.75, 3.05) is 6.61 Å². The predicted octanol–water partition coefficient (Wildman–Crippen LogP) is 2.94. The van der Waals surface area contributed by atoms with Gasteiger partial charge in [0.05, 0.1) is 6.61 Å². The van der Waals surface area contributed by atoms with Crippen LogP contribution in [0.25, 0.3) is 0 Å². The van der Waals surface area contributed by atoms with Gasteiger partial charge in [0.25, 0.3) is 0 Å². The standard InChI is InChI=1S/C12H18O2.H3P/c1-2-3-7-10-14-12(13)11-8-5-4-6-9-11;/h4-6,8-9,12-13H,2-3,7,10H2,1H3;1H3. The predicted molar refractivity (Wildman–Crippen MR) is 68.0 cm³/mol. The van der Waals surface area contributed by atoms with Gasteiger partial charge in [-0.05, 0) is 6.42 Å². The zero-order chi connectivity index (χ0) is 10.2. The van der Waals surface area contributed by atoms with E-state index >= 15 is 0 Å². The smallest absolute Gasteiger partial charge is 0.181 e. The molecule has 0 fully saturated rings. The summed E-state index contributed by atoms with van der Waals surface area (Å²) >= 11 is 0. The molecule has 0 aliphatic heterocycles. The molecular formula is C12H21O2P. The summed E-state index contributed by atoms with van der Waals surface area (Å²) in [6, 6.07) is 9.45. The fraction of sp³-hybridized carbons (Fsp3) is 0.500. The van der Waals surface area contributed by atoms with E-state index in [-0.39, 0.29) is 9.90 Å². The topological polar surface area (TPSA) is 29.5 Å². The first-order valence-electron chi connectivity index (χ1n) is 5.19. The van der Waals surface area contributed by atoms with Crippen molar-refractivity contribution < 1.29 is 9.84 Å². The zero-order valence-electron chi connectivity index (χ0n) is 9.36. The summed E-state index contributed by atoms with van der Waals surface area (Å²) in [6.07, 6.45) is 2.57. The number of rotatable bonds is 6. The molecule has 0 heterocycles. The van der Waals surface area contributed by atoms with Crippen molar-refractivity contribution in [1.82, 2.24) is 0 Å². The minimum Gasteiger partial charge on any atom is -0.364 e. The van der Waals surface area contributed by atoms with Gasteiger partial charge in [-0.1, -0.05) is 50.1 Å². The Morgan fingerprint density at radius 2 is 1.87 bits per heavy atom. The number of aliphatic hydroxyl groups excluding tert-OH is 1. The van der Waals surface area contributed by atoms with E-state index < -0.39 is 6.29 Å². The van der Waals surface area contributed by atoms with Crippen LogP contribution in [-0.4, -0.2) is 11.7 Å². The molecule has 0 amide bonds. The van der Waals surface area contributed by atoms with Gasteiger partial charge in [0, 0.05) is 5.56 Å². The average Bonchev–Trinajstić information content (AvgIpc) is 2.25. The van der Waals surface area contributed by atoms with E-state index in [0.717, 1.165) is 18.4 Å². The van der Waals surface area contributed by atoms with Crippen LogP contribution in [-0.2, 0) is 4.74 Å². The highest BCUT2D eigenvalue weighted by Crippen LogP contribution is 2.13. The van der Waals surface area contributed by atoms with Gasteiger partial charge in [0.1, 0.15) is 0 Å². The first-order chi connectivity index (χ1) is 6.84. The van der Waals surface area contributed by atoms with Gasteiger partial charge in [-0.2, -0.15) is 9.90 Å². The second kappa shape index (κ2) is 8.84. The van der Waals surface area contributed by atoms with Crippen LogP contribution in [0, 0.1) is 0 Å². The van der Waals surface area contributed by atoms with Crippen LogP contribution in [0.1, 0.15) is 38.0 Å². The summed E-state index contributed by atoms with van der Waals surface area (Å²) in [5, 5.41) is 9.60. The molecule has 0 saturated heterocycles. The molecule has 2 unspecified atom stereocenters. The van der Waals surface area contributed by atoms with Gasteiger partial charge in [-0.3, -0.25) is 0 Å². The SMILES string of the molecule is CCCCCOC(O)c1ccccc1.P. The van der Waals surface area contributed by atoms with Crippen molar-refractivity contribution in [1.29, 1.82) is 0 Å². The molecule has 0 saturated carbocycles. The van der Waals surface area contributed by atoms with Crippen molar-refractivity contribution >= 4 is 9.90 Å². The largest absolute Gasteiger partial charge is 0.364 e. The molecule has 15 heavy (non-hydrogen) atoms. The Morgan fingerprint density at radius 3 is 2.47 bits per heavy atom. The Bertz CT molecular complexity index is 239. The van der Waals surface area contributed by atoms with E-state index in [1.807, 2.05) is 30.3 Å². The lowest BCUT2D eigenvalue weighted by Gasteiger charge is -2.11. The van der Waals surface area contributed by atoms with Crippen molar-refractivity contribution in [3.63, 3.8) is 0 Å². The summed E-state index contributed by atoms with van der Waals surface area (Å²) in [7, 11) is 0. The van der Waals surface area contributed by atoms with Crippen LogP contribution in [0.2, 0.25) is 0 Å². The van der Waals surface area contributed by atoms with Crippen molar-refractivity contribution in [3.8, 4) is 0 Å². The maximum absolute atomic E-state index is 9.60. The molecule has 0 radical (unpaired) electrons. The number of benzene rings is 1. The third-order valence-corrected chi connectivity index (χ3v) is 2.11. The van der Waals surface area contributed by atoms with E-state index in [1.165, 1.54) is 6.42 Å². The van der Waals surface area contributed by atoms with Crippen molar-refractivity contribution in [2.24, 2.45) is 0 Å². The van der Waals surface area contributed by atoms with Gasteiger partial charge in [0.15, 0.2) is 6.29 Å². The first-order valence-corrected chi connectivity index (χ1v) is 5.19. The molecule has 0 aliphatic carbocycles. The highest BCUT2D eigenvalue weighted by Gasteiger charge is 2.05. The molecule has 1 aromatic rings. The number of hydrogen-bond donors (Lipinski definition) is 1. The Balaban J connectivity index is 0.00000196. The van der Waals surface area contributed by atoms with Gasteiger partial charge < -0.3 is 9.84 Å². The van der Waals surface area contributed by atoms with Crippen LogP contribution in [0.15, 0.2) is 30.3 Å². The fourth-order valence-electron chi connectivity index (χ4n) is 1.26. The maximum Gasteiger partial charge on any atom is 0.181 e. The van der Waals surface area contributed by atoms with Gasteiger partial charge >= 0.3 is 0 Å². The second-order valence-corrected chi connectivity index (χ2v) is 3.34. The van der Waals surface area contributed by atoms with Crippen LogP contribution in [0.4, 0.5) is 0 Å². The Kier molecular flexibility index (Phi) is 8.59. The van der Waals surface area contributed by atoms with Crippen LogP contribution in [0.5, 0.6) is 0 Å². The molecule has 1 N–H and O–H groups in total. The minimum atomic E-state index is -0.770. The zero-order valence-corrected chi connectivity index (χ0v) is 10.8. The highest BCUT2D eigenvalue weighted by molar-refractivity contribution is 6.92. The van der Waals surface area contributed by atoms with Gasteiger partial charge in [0.2, 0.25) is 0 Å². The highest BCUT2D eigenvalue weighted by atomic mass is 31.0. The van der Waals surface area contributed by atoms with E-state index in [4.69, 9.17) is 4.74 Å². The van der Waals surface area contributed by atoms with Crippen molar-refractivity contribution in [3.05, 3.63) is 35.9 Å². The van der Waals surface area contributed by atoms with E-state index in [0.29, 0.717) is 6.61 Å². The fourth-order valence-corrected chi connectivity index (χ4v) is 1.26. The monoisotopic (exact) mass is 228 g/mol. The molecule has 0 aromatic heterocycles. The molecule has 1 rings (SSSR count).